The first-order valence-corrected chi connectivity index (χ1v) is 8.65. The largest absolute Gasteiger partial charge is 0.370 e. The Labute approximate surface area is 134 Å². The van der Waals surface area contributed by atoms with Gasteiger partial charge in [-0.1, -0.05) is 6.92 Å². The summed E-state index contributed by atoms with van der Waals surface area (Å²) < 4.78 is 6.96. The minimum atomic E-state index is -0.226. The first kappa shape index (κ1) is 14.5. The molecule has 0 radical (unpaired) electrons. The Bertz CT molecular complexity index is 493. The maximum absolute atomic E-state index is 5.76. The average molecular weight is 387 g/mol. The van der Waals surface area contributed by atoms with E-state index in [2.05, 4.69) is 34.8 Å². The molecule has 0 bridgehead atoms. The highest BCUT2D eigenvalue weighted by molar-refractivity contribution is 14.1. The molecule has 1 aromatic heterocycles. The smallest absolute Gasteiger partial charge is 0.162 e. The van der Waals surface area contributed by atoms with Gasteiger partial charge in [0.05, 0.1) is 9.26 Å². The normalized spacial score (nSPS) is 20.6. The van der Waals surface area contributed by atoms with Gasteiger partial charge in [-0.05, 0) is 61.1 Å². The summed E-state index contributed by atoms with van der Waals surface area (Å²) >= 11 is 2.39. The van der Waals surface area contributed by atoms with E-state index < -0.39 is 0 Å². The molecule has 5 heteroatoms. The molecule has 0 aliphatic heterocycles. The minimum Gasteiger partial charge on any atom is -0.370 e. The van der Waals surface area contributed by atoms with Gasteiger partial charge in [-0.15, -0.1) is 0 Å². The highest BCUT2D eigenvalue weighted by Gasteiger charge is 2.43. The topological polar surface area (TPSA) is 47.0 Å². The number of hydrogen-bond acceptors (Lipinski definition) is 4. The van der Waals surface area contributed by atoms with E-state index in [9.17, 15) is 0 Å². The van der Waals surface area contributed by atoms with Crippen molar-refractivity contribution in [2.24, 2.45) is 0 Å². The fourth-order valence-electron chi connectivity index (χ4n) is 2.67. The second-order valence-corrected chi connectivity index (χ2v) is 6.93. The molecule has 0 amide bonds. The summed E-state index contributed by atoms with van der Waals surface area (Å²) in [5.74, 6) is 2.54. The van der Waals surface area contributed by atoms with Crippen LogP contribution in [0.5, 0.6) is 0 Å². The first-order valence-electron chi connectivity index (χ1n) is 7.57. The third-order valence-corrected chi connectivity index (χ3v) is 5.41. The van der Waals surface area contributed by atoms with Crippen LogP contribution < -0.4 is 5.32 Å². The molecule has 20 heavy (non-hydrogen) atoms. The number of nitrogens with zero attached hydrogens (tertiary/aromatic N) is 2. The fourth-order valence-corrected chi connectivity index (χ4v) is 3.55. The second-order valence-electron chi connectivity index (χ2n) is 5.85. The van der Waals surface area contributed by atoms with Gasteiger partial charge in [0, 0.05) is 19.6 Å². The van der Waals surface area contributed by atoms with Crippen molar-refractivity contribution < 1.29 is 4.74 Å². The molecular weight excluding hydrogens is 365 g/mol. The predicted octanol–water partition coefficient (Wildman–Crippen LogP) is 3.81. The third kappa shape index (κ3) is 2.54. The lowest BCUT2D eigenvalue weighted by molar-refractivity contribution is -0.0847. The van der Waals surface area contributed by atoms with Crippen LogP contribution in [0, 0.1) is 3.57 Å². The van der Waals surface area contributed by atoms with Crippen molar-refractivity contribution >= 4 is 28.4 Å². The maximum Gasteiger partial charge on any atom is 0.162 e. The van der Waals surface area contributed by atoms with E-state index in [0.29, 0.717) is 5.92 Å². The van der Waals surface area contributed by atoms with E-state index in [1.54, 1.807) is 7.11 Å². The Morgan fingerprint density at radius 3 is 2.60 bits per heavy atom. The zero-order valence-corrected chi connectivity index (χ0v) is 14.4. The number of hydrogen-bond donors (Lipinski definition) is 1. The summed E-state index contributed by atoms with van der Waals surface area (Å²) in [4.78, 5) is 9.68. The number of aromatic nitrogens is 2. The van der Waals surface area contributed by atoms with Crippen molar-refractivity contribution in [3.05, 3.63) is 15.1 Å². The van der Waals surface area contributed by atoms with E-state index in [-0.39, 0.29) is 5.60 Å². The second kappa shape index (κ2) is 5.75. The SMILES string of the molecule is CCCNc1nc(C2(OC)CCC2)nc(C2CC2)c1I. The maximum atomic E-state index is 5.76. The van der Waals surface area contributed by atoms with Crippen LogP contribution in [0.15, 0.2) is 0 Å². The number of anilines is 1. The lowest BCUT2D eigenvalue weighted by Gasteiger charge is -2.39. The van der Waals surface area contributed by atoms with Crippen LogP contribution in [-0.4, -0.2) is 23.6 Å². The monoisotopic (exact) mass is 387 g/mol. The molecule has 1 heterocycles. The molecule has 0 aromatic carbocycles. The average Bonchev–Trinajstić information content (AvgIpc) is 3.22. The third-order valence-electron chi connectivity index (χ3n) is 4.34. The van der Waals surface area contributed by atoms with Crippen LogP contribution in [-0.2, 0) is 10.3 Å². The highest BCUT2D eigenvalue weighted by Crippen LogP contribution is 2.46. The van der Waals surface area contributed by atoms with Crippen LogP contribution in [0.4, 0.5) is 5.82 Å². The van der Waals surface area contributed by atoms with Crippen molar-refractivity contribution in [3.63, 3.8) is 0 Å². The number of rotatable bonds is 6. The summed E-state index contributed by atoms with van der Waals surface area (Å²) in [6.07, 6.45) is 6.92. The van der Waals surface area contributed by atoms with E-state index in [1.165, 1.54) is 28.5 Å². The Morgan fingerprint density at radius 1 is 1.35 bits per heavy atom. The Balaban J connectivity index is 1.99. The van der Waals surface area contributed by atoms with Gasteiger partial charge >= 0.3 is 0 Å². The Kier molecular flexibility index (Phi) is 4.17. The predicted molar refractivity (Wildman–Crippen MR) is 88.0 cm³/mol. The van der Waals surface area contributed by atoms with Crippen molar-refractivity contribution in [2.45, 2.75) is 57.0 Å². The van der Waals surface area contributed by atoms with Crippen molar-refractivity contribution in [2.75, 3.05) is 19.0 Å². The molecule has 1 aromatic rings. The summed E-state index contributed by atoms with van der Waals surface area (Å²) in [6, 6.07) is 0. The van der Waals surface area contributed by atoms with Crippen LogP contribution in [0.2, 0.25) is 0 Å². The molecule has 2 saturated carbocycles. The minimum absolute atomic E-state index is 0.226. The Hall–Kier alpha value is -0.430. The van der Waals surface area contributed by atoms with Crippen LogP contribution in [0.1, 0.15) is 62.9 Å². The van der Waals surface area contributed by atoms with Crippen LogP contribution in [0.3, 0.4) is 0 Å². The summed E-state index contributed by atoms with van der Waals surface area (Å²) in [7, 11) is 1.79. The molecule has 110 valence electrons. The number of methoxy groups -OCH3 is 1. The van der Waals surface area contributed by atoms with E-state index >= 15 is 0 Å². The number of halogens is 1. The van der Waals surface area contributed by atoms with E-state index in [4.69, 9.17) is 14.7 Å². The molecule has 2 fully saturated rings. The Morgan fingerprint density at radius 2 is 2.10 bits per heavy atom. The van der Waals surface area contributed by atoms with Gasteiger partial charge in [-0.2, -0.15) is 0 Å². The van der Waals surface area contributed by atoms with Gasteiger partial charge < -0.3 is 10.1 Å². The van der Waals surface area contributed by atoms with Crippen LogP contribution >= 0.6 is 22.6 Å². The quantitative estimate of drug-likeness (QED) is 0.755. The van der Waals surface area contributed by atoms with Crippen molar-refractivity contribution in [3.8, 4) is 0 Å². The number of nitrogens with one attached hydrogen (secondary N) is 1. The van der Waals surface area contributed by atoms with Gasteiger partial charge in [0.2, 0.25) is 0 Å². The molecule has 0 atom stereocenters. The molecule has 2 aliphatic rings. The van der Waals surface area contributed by atoms with Crippen molar-refractivity contribution in [1.29, 1.82) is 0 Å². The molecule has 1 N–H and O–H groups in total. The summed E-state index contributed by atoms with van der Waals surface area (Å²) in [5, 5.41) is 3.46. The molecule has 2 aliphatic carbocycles. The lowest BCUT2D eigenvalue weighted by atomic mass is 9.79. The summed E-state index contributed by atoms with van der Waals surface area (Å²) in [5.41, 5.74) is 1.01. The fraction of sp³-hybridized carbons (Fsp3) is 0.733. The van der Waals surface area contributed by atoms with Crippen LogP contribution in [0.25, 0.3) is 0 Å². The molecule has 0 spiro atoms. The first-order chi connectivity index (χ1) is 9.70. The zero-order chi connectivity index (χ0) is 14.2. The lowest BCUT2D eigenvalue weighted by Crippen LogP contribution is -2.38. The summed E-state index contributed by atoms with van der Waals surface area (Å²) in [6.45, 7) is 3.13. The molecular formula is C15H22IN3O. The number of ether oxygens (including phenoxy) is 1. The van der Waals surface area contributed by atoms with E-state index in [1.807, 2.05) is 0 Å². The van der Waals surface area contributed by atoms with Gasteiger partial charge in [0.15, 0.2) is 5.82 Å². The molecule has 3 rings (SSSR count). The van der Waals surface area contributed by atoms with Gasteiger partial charge in [-0.25, -0.2) is 9.97 Å². The zero-order valence-electron chi connectivity index (χ0n) is 12.2. The standard InChI is InChI=1S/C15H22IN3O/c1-3-9-17-13-11(16)12(10-5-6-10)18-14(19-13)15(20-2)7-4-8-15/h10H,3-9H2,1-2H3,(H,17,18,19). The van der Waals surface area contributed by atoms with Gasteiger partial charge in [0.1, 0.15) is 11.4 Å². The molecule has 0 unspecified atom stereocenters. The molecule has 0 saturated heterocycles. The van der Waals surface area contributed by atoms with E-state index in [0.717, 1.165) is 37.4 Å². The van der Waals surface area contributed by atoms with Crippen molar-refractivity contribution in [1.82, 2.24) is 9.97 Å². The molecule has 4 nitrogen and oxygen atoms in total. The van der Waals surface area contributed by atoms with Gasteiger partial charge in [0.25, 0.3) is 0 Å². The van der Waals surface area contributed by atoms with Gasteiger partial charge in [-0.3, -0.25) is 0 Å². The highest BCUT2D eigenvalue weighted by atomic mass is 127.